The number of thiol groups is 1. The summed E-state index contributed by atoms with van der Waals surface area (Å²) < 4.78 is 4.72. The average molecular weight is 171 g/mol. The molecule has 0 saturated carbocycles. The fourth-order valence-electron chi connectivity index (χ4n) is 0.376. The zero-order chi connectivity index (χ0) is 7.11. The van der Waals surface area contributed by atoms with Crippen molar-refractivity contribution in [3.05, 3.63) is 0 Å². The van der Waals surface area contributed by atoms with Crippen LogP contribution in [0.4, 0.5) is 0 Å². The normalized spacial score (nSPS) is 8.20. The Morgan fingerprint density at radius 2 is 2.20 bits per heavy atom. The molecule has 0 fully saturated rings. The summed E-state index contributed by atoms with van der Waals surface area (Å²) in [6, 6.07) is 0. The predicted molar refractivity (Wildman–Crippen MR) is 45.5 cm³/mol. The van der Waals surface area contributed by atoms with Crippen LogP contribution < -0.4 is 0 Å². The number of rotatable bonds is 4. The Hall–Kier alpha value is 0.820. The maximum absolute atomic E-state index is 10.4. The van der Waals surface area contributed by atoms with Gasteiger partial charge >= 0.3 is 5.97 Å². The number of hydrogen-bond donors (Lipinski definition) is 1. The molecule has 0 aliphatic heterocycles. The smallest absolute Gasteiger partial charge is 0.315 e. The van der Waals surface area contributed by atoms with Crippen LogP contribution in [0, 0.1) is 0 Å². The van der Waals surface area contributed by atoms with Gasteiger partial charge in [0.25, 0.3) is 0 Å². The zero-order valence-electron chi connectivity index (χ0n) is 6.59. The van der Waals surface area contributed by atoms with E-state index >= 15 is 0 Å². The van der Waals surface area contributed by atoms with Gasteiger partial charge < -0.3 is 4.74 Å². The van der Waals surface area contributed by atoms with E-state index in [1.54, 1.807) is 0 Å². The number of carbonyl (C=O) groups is 1. The van der Waals surface area contributed by atoms with Gasteiger partial charge in [-0.05, 0) is 6.42 Å². The second-order valence-corrected chi connectivity index (χ2v) is 2.05. The molecule has 0 spiro atoms. The molecule has 0 saturated heterocycles. The summed E-state index contributed by atoms with van der Waals surface area (Å²) in [6.07, 6.45) is 2.00. The molecule has 0 aromatic rings. The van der Waals surface area contributed by atoms with Crippen LogP contribution in [0.1, 0.15) is 19.8 Å². The molecule has 4 heteroatoms. The van der Waals surface area contributed by atoms with Gasteiger partial charge in [0.2, 0.25) is 0 Å². The van der Waals surface area contributed by atoms with Crippen molar-refractivity contribution in [3.8, 4) is 0 Å². The summed E-state index contributed by atoms with van der Waals surface area (Å²) in [6.45, 7) is 2.59. The minimum absolute atomic E-state index is 0. The van der Waals surface area contributed by atoms with Crippen LogP contribution in [0.25, 0.3) is 0 Å². The third-order valence-corrected chi connectivity index (χ3v) is 1.15. The van der Waals surface area contributed by atoms with Gasteiger partial charge in [-0.15, -0.1) is 0 Å². The van der Waals surface area contributed by atoms with Crippen LogP contribution in [-0.2, 0) is 9.53 Å². The van der Waals surface area contributed by atoms with Gasteiger partial charge in [0.15, 0.2) is 0 Å². The van der Waals surface area contributed by atoms with Crippen LogP contribution in [0.3, 0.4) is 0 Å². The van der Waals surface area contributed by atoms with E-state index < -0.39 is 0 Å². The molecule has 0 aliphatic rings. The van der Waals surface area contributed by atoms with Crippen LogP contribution in [0.2, 0.25) is 0 Å². The van der Waals surface area contributed by atoms with Crippen LogP contribution in [0.5, 0.6) is 0 Å². The molecule has 0 rings (SSSR count). The maximum atomic E-state index is 10.4. The molecule has 0 aromatic carbocycles. The summed E-state index contributed by atoms with van der Waals surface area (Å²) >= 11 is 3.74. The predicted octanol–water partition coefficient (Wildman–Crippen LogP) is 0.879. The van der Waals surface area contributed by atoms with Crippen LogP contribution >= 0.6 is 12.6 Å². The fourth-order valence-corrected chi connectivity index (χ4v) is 0.467. The van der Waals surface area contributed by atoms with E-state index in [1.165, 1.54) is 0 Å². The first-order valence-corrected chi connectivity index (χ1v) is 3.71. The van der Waals surface area contributed by atoms with Crippen molar-refractivity contribution in [1.82, 2.24) is 0 Å². The van der Waals surface area contributed by atoms with Crippen molar-refractivity contribution in [1.29, 1.82) is 0 Å². The van der Waals surface area contributed by atoms with E-state index in [4.69, 9.17) is 4.74 Å². The first-order valence-electron chi connectivity index (χ1n) is 3.07. The second kappa shape index (κ2) is 9.82. The average Bonchev–Trinajstić information content (AvgIpc) is 1.89. The van der Waals surface area contributed by atoms with E-state index in [9.17, 15) is 4.79 Å². The monoisotopic (exact) mass is 171 g/mol. The maximum Gasteiger partial charge on any atom is 0.315 e. The van der Waals surface area contributed by atoms with Crippen molar-refractivity contribution in [2.75, 3.05) is 12.4 Å². The Morgan fingerprint density at radius 1 is 1.60 bits per heavy atom. The van der Waals surface area contributed by atoms with Gasteiger partial charge in [-0.3, -0.25) is 4.79 Å². The second-order valence-electron chi connectivity index (χ2n) is 1.73. The minimum atomic E-state index is -0.230. The van der Waals surface area contributed by atoms with Gasteiger partial charge in [0, 0.05) is 29.6 Å². The Labute approximate surface area is 89.4 Å². The number of esters is 1. The van der Waals surface area contributed by atoms with Crippen LogP contribution in [-0.4, -0.2) is 47.9 Å². The first kappa shape index (κ1) is 13.4. The fraction of sp³-hybridized carbons (Fsp3) is 0.833. The van der Waals surface area contributed by atoms with Crippen LogP contribution in [0.15, 0.2) is 0 Å². The van der Waals surface area contributed by atoms with Crippen molar-refractivity contribution in [3.63, 3.8) is 0 Å². The Morgan fingerprint density at radius 3 is 2.60 bits per heavy atom. The largest absolute Gasteiger partial charge is 0.465 e. The molecule has 0 N–H and O–H groups in total. The van der Waals surface area contributed by atoms with Crippen molar-refractivity contribution in [2.45, 2.75) is 19.8 Å². The van der Waals surface area contributed by atoms with Gasteiger partial charge in [0.1, 0.15) is 0 Å². The quantitative estimate of drug-likeness (QED) is 0.294. The molecule has 0 bridgehead atoms. The Balaban J connectivity index is 0. The molecular formula is C6H12NaO2S. The van der Waals surface area contributed by atoms with Gasteiger partial charge in [-0.25, -0.2) is 0 Å². The third kappa shape index (κ3) is 8.82. The van der Waals surface area contributed by atoms with E-state index in [-0.39, 0.29) is 41.3 Å². The summed E-state index contributed by atoms with van der Waals surface area (Å²) in [5.41, 5.74) is 0. The molecule has 1 radical (unpaired) electrons. The molecule has 0 heterocycles. The molecular weight excluding hydrogens is 159 g/mol. The van der Waals surface area contributed by atoms with E-state index in [0.717, 1.165) is 12.8 Å². The van der Waals surface area contributed by atoms with Gasteiger partial charge in [-0.1, -0.05) is 13.3 Å². The molecule has 0 amide bonds. The molecule has 0 aliphatic carbocycles. The summed E-state index contributed by atoms with van der Waals surface area (Å²) in [5.74, 6) is -0.0456. The topological polar surface area (TPSA) is 26.3 Å². The van der Waals surface area contributed by atoms with E-state index in [1.807, 2.05) is 0 Å². The third-order valence-electron chi connectivity index (χ3n) is 0.890. The van der Waals surface area contributed by atoms with Gasteiger partial charge in [-0.2, -0.15) is 12.6 Å². The summed E-state index contributed by atoms with van der Waals surface area (Å²) in [5, 5.41) is 0. The Kier molecular flexibility index (Phi) is 13.2. The van der Waals surface area contributed by atoms with Crippen molar-refractivity contribution >= 4 is 48.2 Å². The van der Waals surface area contributed by atoms with Crippen molar-refractivity contribution < 1.29 is 9.53 Å². The Bertz CT molecular complexity index is 87.8. The molecule has 10 heavy (non-hydrogen) atoms. The summed E-state index contributed by atoms with van der Waals surface area (Å²) in [4.78, 5) is 10.4. The molecule has 0 aromatic heterocycles. The first-order chi connectivity index (χ1) is 4.31. The zero-order valence-corrected chi connectivity index (χ0v) is 9.49. The van der Waals surface area contributed by atoms with E-state index in [0.29, 0.717) is 6.61 Å². The molecule has 2 nitrogen and oxygen atoms in total. The van der Waals surface area contributed by atoms with Gasteiger partial charge in [0.05, 0.1) is 12.4 Å². The standard InChI is InChI=1S/C6H12O2S.Na/c1-2-3-4-8-6(7)5-9;/h9H,2-5H2,1H3;. The summed E-state index contributed by atoms with van der Waals surface area (Å²) in [7, 11) is 0. The number of unbranched alkanes of at least 4 members (excludes halogenated alkanes) is 1. The molecule has 55 valence electrons. The SMILES string of the molecule is CCCCOC(=O)CS.[Na]. The molecule has 0 atom stereocenters. The number of ether oxygens (including phenoxy) is 1. The minimum Gasteiger partial charge on any atom is -0.465 e. The number of hydrogen-bond acceptors (Lipinski definition) is 3. The van der Waals surface area contributed by atoms with Crippen molar-refractivity contribution in [2.24, 2.45) is 0 Å². The molecule has 0 unspecified atom stereocenters. The number of carbonyl (C=O) groups excluding carboxylic acids is 1. The van der Waals surface area contributed by atoms with E-state index in [2.05, 4.69) is 19.6 Å².